The Balaban J connectivity index is 1.14. The maximum Gasteiger partial charge on any atom is 0.274 e. The number of rotatable bonds is 10. The van der Waals surface area contributed by atoms with Crippen LogP contribution in [0.5, 0.6) is 11.5 Å². The normalized spacial score (nSPS) is 15.7. The quantitative estimate of drug-likeness (QED) is 0.282. The van der Waals surface area contributed by atoms with Gasteiger partial charge in [-0.3, -0.25) is 29.5 Å². The van der Waals surface area contributed by atoms with E-state index < -0.39 is 5.91 Å². The lowest BCUT2D eigenvalue weighted by atomic mass is 10.1. The third kappa shape index (κ3) is 5.73. The summed E-state index contributed by atoms with van der Waals surface area (Å²) in [5.74, 6) is 0.173. The summed E-state index contributed by atoms with van der Waals surface area (Å²) in [6.45, 7) is 0.957. The molecule has 2 aromatic heterocycles. The number of methoxy groups -OCH3 is 1. The summed E-state index contributed by atoms with van der Waals surface area (Å²) in [5, 5.41) is 7.28. The molecule has 1 unspecified atom stereocenters. The summed E-state index contributed by atoms with van der Waals surface area (Å²) < 4.78 is 13.0. The van der Waals surface area contributed by atoms with E-state index in [2.05, 4.69) is 20.6 Å². The topological polar surface area (TPSA) is 144 Å². The number of aryl methyl sites for hydroxylation is 1. The highest BCUT2D eigenvalue weighted by Crippen LogP contribution is 2.38. The molecule has 0 spiro atoms. The van der Waals surface area contributed by atoms with Crippen molar-refractivity contribution in [3.63, 3.8) is 0 Å². The van der Waals surface area contributed by atoms with Gasteiger partial charge in [-0.05, 0) is 31.4 Å². The third-order valence-corrected chi connectivity index (χ3v) is 7.42. The summed E-state index contributed by atoms with van der Waals surface area (Å²) in [4.78, 5) is 59.3. The van der Waals surface area contributed by atoms with Crippen LogP contribution in [0, 0.1) is 0 Å². The maximum atomic E-state index is 13.0. The predicted octanol–water partition coefficient (Wildman–Crippen LogP) is 3.67. The van der Waals surface area contributed by atoms with Gasteiger partial charge in [0, 0.05) is 43.9 Å². The lowest BCUT2D eigenvalue weighted by Crippen LogP contribution is -2.35. The number of carbonyl (C=O) groups excluding carboxylic acids is 4. The Labute approximate surface area is 234 Å². The number of benzene rings is 1. The molecule has 1 fully saturated rings. The van der Waals surface area contributed by atoms with E-state index in [1.165, 1.54) is 7.11 Å². The lowest BCUT2D eigenvalue weighted by Gasteiger charge is -2.20. The molecule has 208 valence electrons. The molecule has 0 bridgehead atoms. The molecule has 1 atom stereocenters. The van der Waals surface area contributed by atoms with Gasteiger partial charge in [0.15, 0.2) is 22.9 Å². The van der Waals surface area contributed by atoms with Crippen molar-refractivity contribution in [2.75, 3.05) is 30.9 Å². The zero-order valence-electron chi connectivity index (χ0n) is 22.0. The van der Waals surface area contributed by atoms with Crippen LogP contribution in [0.2, 0.25) is 0 Å². The molecule has 40 heavy (non-hydrogen) atoms. The predicted molar refractivity (Wildman–Crippen MR) is 149 cm³/mol. The highest BCUT2D eigenvalue weighted by molar-refractivity contribution is 7.14. The van der Waals surface area contributed by atoms with Gasteiger partial charge in [-0.15, -0.1) is 11.3 Å². The summed E-state index contributed by atoms with van der Waals surface area (Å²) in [5.41, 5.74) is 2.06. The van der Waals surface area contributed by atoms with Crippen molar-refractivity contribution in [1.82, 2.24) is 14.5 Å². The average molecular weight is 565 g/mol. The highest BCUT2D eigenvalue weighted by atomic mass is 32.1. The van der Waals surface area contributed by atoms with Gasteiger partial charge >= 0.3 is 0 Å². The van der Waals surface area contributed by atoms with E-state index in [0.29, 0.717) is 58.5 Å². The van der Waals surface area contributed by atoms with Gasteiger partial charge in [-0.1, -0.05) is 0 Å². The number of nitrogens with zero attached hydrogens (tertiary/aromatic N) is 4. The average Bonchev–Trinajstić information content (AvgIpc) is 3.67. The first-order chi connectivity index (χ1) is 19.4. The number of aldehydes is 1. The molecular formula is C27H28N6O6S. The van der Waals surface area contributed by atoms with Crippen molar-refractivity contribution in [2.24, 2.45) is 12.0 Å². The Morgan fingerprint density at radius 2 is 2.08 bits per heavy atom. The Morgan fingerprint density at radius 3 is 2.85 bits per heavy atom. The Kier molecular flexibility index (Phi) is 7.91. The van der Waals surface area contributed by atoms with Gasteiger partial charge in [-0.25, -0.2) is 4.98 Å². The van der Waals surface area contributed by atoms with E-state index in [1.54, 1.807) is 41.4 Å². The fraction of sp³-hybridized carbons (Fsp3) is 0.333. The molecule has 2 aliphatic heterocycles. The minimum atomic E-state index is -0.413. The first-order valence-corrected chi connectivity index (χ1v) is 13.6. The van der Waals surface area contributed by atoms with E-state index in [4.69, 9.17) is 9.47 Å². The molecule has 3 aromatic rings. The molecule has 3 amide bonds. The number of hydrogen-bond donors (Lipinski definition) is 2. The van der Waals surface area contributed by atoms with Crippen LogP contribution >= 0.6 is 11.3 Å². The largest absolute Gasteiger partial charge is 0.493 e. The fourth-order valence-electron chi connectivity index (χ4n) is 4.68. The molecule has 4 heterocycles. The number of nitrogens with one attached hydrogen (secondary N) is 2. The number of aliphatic imine (C=N–C) groups is 1. The highest BCUT2D eigenvalue weighted by Gasteiger charge is 2.32. The van der Waals surface area contributed by atoms with Crippen molar-refractivity contribution in [3.05, 3.63) is 46.7 Å². The standard InChI is InChI=1S/C27H28N6O6S/c1-32-13-16(9-21(32)25(36)31-27-30-17(14-34)15-40-27)29-24(35)6-4-8-39-23-11-20-19(10-22(23)38-2)26(37)33-7-3-5-18(33)12-28-20/h9-15,18H,3-8H2,1-2H3,(H,29,35)(H,30,31,36). The van der Waals surface area contributed by atoms with Crippen LogP contribution in [-0.4, -0.2) is 71.0 Å². The van der Waals surface area contributed by atoms with E-state index in [0.717, 1.165) is 24.2 Å². The van der Waals surface area contributed by atoms with Gasteiger partial charge < -0.3 is 24.3 Å². The maximum absolute atomic E-state index is 13.0. The van der Waals surface area contributed by atoms with Crippen molar-refractivity contribution >= 4 is 58.1 Å². The molecule has 5 rings (SSSR count). The molecule has 0 aliphatic carbocycles. The fourth-order valence-corrected chi connectivity index (χ4v) is 5.33. The molecule has 2 aliphatic rings. The van der Waals surface area contributed by atoms with Crippen molar-refractivity contribution < 1.29 is 28.7 Å². The monoisotopic (exact) mass is 564 g/mol. The van der Waals surface area contributed by atoms with Crippen molar-refractivity contribution in [3.8, 4) is 11.5 Å². The summed E-state index contributed by atoms with van der Waals surface area (Å²) in [6.07, 6.45) is 6.53. The number of amides is 3. The summed E-state index contributed by atoms with van der Waals surface area (Å²) >= 11 is 1.15. The van der Waals surface area contributed by atoms with Gasteiger partial charge in [0.25, 0.3) is 11.8 Å². The molecule has 13 heteroatoms. The minimum Gasteiger partial charge on any atom is -0.493 e. The van der Waals surface area contributed by atoms with E-state index in [-0.39, 0.29) is 36.6 Å². The lowest BCUT2D eigenvalue weighted by molar-refractivity contribution is -0.116. The SMILES string of the molecule is COc1cc2c(cc1OCCCC(=O)Nc1cc(C(=O)Nc3nc(C=O)cs3)n(C)c1)N=CC1CCCN1C2=O. The molecule has 0 radical (unpaired) electrons. The van der Waals surface area contributed by atoms with Crippen LogP contribution in [0.4, 0.5) is 16.5 Å². The number of thiazole rings is 1. The van der Waals surface area contributed by atoms with E-state index in [9.17, 15) is 19.2 Å². The smallest absolute Gasteiger partial charge is 0.274 e. The second-order valence-corrected chi connectivity index (χ2v) is 10.2. The number of aromatic nitrogens is 2. The molecule has 2 N–H and O–H groups in total. The van der Waals surface area contributed by atoms with Crippen molar-refractivity contribution in [2.45, 2.75) is 31.7 Å². The van der Waals surface area contributed by atoms with Crippen LogP contribution in [0.25, 0.3) is 0 Å². The van der Waals surface area contributed by atoms with Crippen LogP contribution in [0.3, 0.4) is 0 Å². The van der Waals surface area contributed by atoms with E-state index in [1.807, 2.05) is 11.1 Å². The molecule has 1 aromatic carbocycles. The summed E-state index contributed by atoms with van der Waals surface area (Å²) in [7, 11) is 3.20. The molecule has 1 saturated heterocycles. The van der Waals surface area contributed by atoms with Gasteiger partial charge in [0.2, 0.25) is 5.91 Å². The Hall–Kier alpha value is -4.52. The van der Waals surface area contributed by atoms with Crippen LogP contribution in [0.1, 0.15) is 57.0 Å². The molecule has 12 nitrogen and oxygen atoms in total. The zero-order valence-corrected chi connectivity index (χ0v) is 22.8. The Bertz CT molecular complexity index is 1490. The van der Waals surface area contributed by atoms with Crippen LogP contribution in [0.15, 0.2) is 34.8 Å². The number of hydrogen-bond acceptors (Lipinski definition) is 9. The van der Waals surface area contributed by atoms with Gasteiger partial charge in [-0.2, -0.15) is 0 Å². The number of ether oxygens (including phenoxy) is 2. The minimum absolute atomic E-state index is 0.0125. The number of carbonyl (C=O) groups is 4. The molecular weight excluding hydrogens is 536 g/mol. The van der Waals surface area contributed by atoms with Crippen LogP contribution < -0.4 is 20.1 Å². The molecule has 0 saturated carbocycles. The Morgan fingerprint density at radius 1 is 1.23 bits per heavy atom. The van der Waals surface area contributed by atoms with E-state index >= 15 is 0 Å². The second-order valence-electron chi connectivity index (χ2n) is 9.38. The van der Waals surface area contributed by atoms with Gasteiger partial charge in [0.05, 0.1) is 36.7 Å². The van der Waals surface area contributed by atoms with Crippen LogP contribution in [-0.2, 0) is 11.8 Å². The van der Waals surface area contributed by atoms with Gasteiger partial charge in [0.1, 0.15) is 11.4 Å². The third-order valence-electron chi connectivity index (χ3n) is 6.65. The number of anilines is 2. The first kappa shape index (κ1) is 27.1. The second kappa shape index (κ2) is 11.7. The van der Waals surface area contributed by atoms with Crippen molar-refractivity contribution in [1.29, 1.82) is 0 Å². The number of fused-ring (bicyclic) bond motifs is 2. The zero-order chi connectivity index (χ0) is 28.2. The summed E-state index contributed by atoms with van der Waals surface area (Å²) in [6, 6.07) is 4.94. The first-order valence-electron chi connectivity index (χ1n) is 12.7.